The van der Waals surface area contributed by atoms with Crippen LogP contribution in [0.2, 0.25) is 0 Å². The Bertz CT molecular complexity index is 1170. The van der Waals surface area contributed by atoms with Crippen LogP contribution in [-0.4, -0.2) is 67.9 Å². The molecule has 1 unspecified atom stereocenters. The van der Waals surface area contributed by atoms with Crippen LogP contribution in [0.5, 0.6) is 11.5 Å². The molecule has 1 aliphatic rings. The lowest BCUT2D eigenvalue weighted by atomic mass is 9.95. The summed E-state index contributed by atoms with van der Waals surface area (Å²) in [4.78, 5) is 14.2. The van der Waals surface area contributed by atoms with Crippen molar-refractivity contribution < 1.29 is 40.6 Å². The van der Waals surface area contributed by atoms with Gasteiger partial charge in [0.2, 0.25) is 0 Å². The first kappa shape index (κ1) is 30.1. The fraction of sp³-hybridized carbons (Fsp3) is 0.364. The number of halogens is 4. The molecule has 0 radical (unpaired) electrons. The predicted molar refractivity (Wildman–Crippen MR) is 132 cm³/mol. The molecule has 8 nitrogen and oxygen atoms in total. The molecule has 1 heterocycles. The van der Waals surface area contributed by atoms with E-state index in [2.05, 4.69) is 0 Å². The Morgan fingerprint density at radius 3 is 2.08 bits per heavy atom. The van der Waals surface area contributed by atoms with E-state index in [4.69, 9.17) is 9.47 Å². The molecule has 2 N–H and O–H groups in total. The Hall–Kier alpha value is -2.16. The fourth-order valence-corrected chi connectivity index (χ4v) is 6.35. The van der Waals surface area contributed by atoms with Gasteiger partial charge in [0.05, 0.1) is 22.4 Å². The van der Waals surface area contributed by atoms with E-state index in [0.717, 1.165) is 0 Å². The van der Waals surface area contributed by atoms with Gasteiger partial charge in [0.15, 0.2) is 14.6 Å². The summed E-state index contributed by atoms with van der Waals surface area (Å²) in [7, 11) is -5.40. The van der Waals surface area contributed by atoms with E-state index in [1.165, 1.54) is 54.0 Å². The van der Waals surface area contributed by atoms with Gasteiger partial charge in [-0.3, -0.25) is 10.0 Å². The topological polar surface area (TPSA) is 105 Å². The first-order valence-electron chi connectivity index (χ1n) is 10.5. The monoisotopic (exact) mass is 570 g/mol. The van der Waals surface area contributed by atoms with Crippen LogP contribution in [0.15, 0.2) is 58.3 Å². The quantitative estimate of drug-likeness (QED) is 0.201. The third kappa shape index (κ3) is 6.39. The van der Waals surface area contributed by atoms with Gasteiger partial charge in [-0.15, -0.1) is 12.4 Å². The number of carbonyl (C=O) groups excluding carboxylic acids is 1. The van der Waals surface area contributed by atoms with Crippen molar-refractivity contribution in [2.45, 2.75) is 27.4 Å². The summed E-state index contributed by atoms with van der Waals surface area (Å²) >= 11 is 0. The number of rotatable bonds is 9. The highest BCUT2D eigenvalue weighted by atomic mass is 35.5. The smallest absolute Gasteiger partial charge is 0.328 e. The molecule has 1 saturated heterocycles. The maximum atomic E-state index is 13.5. The first-order chi connectivity index (χ1) is 16.6. The van der Waals surface area contributed by atoms with Gasteiger partial charge in [-0.1, -0.05) is 0 Å². The number of benzene rings is 2. The van der Waals surface area contributed by atoms with Gasteiger partial charge < -0.3 is 14.4 Å². The standard InChI is InChI=1S/C22H25F3N2O6S2.ClH/c1-32-15-14-27-12-10-22(11-13-27,20(28)26-29)35(30,31)19-8-4-17(5-9-19)33-16-2-6-18(7-3-16)34(25)21(23)24;/h2-9,29H,10-15H2,1H3,(H,26,28);1H. The minimum Gasteiger partial charge on any atom is -0.457 e. The molecule has 3 rings (SSSR count). The highest BCUT2D eigenvalue weighted by Crippen LogP contribution is 2.37. The van der Waals surface area contributed by atoms with E-state index in [1.54, 1.807) is 7.11 Å². The van der Waals surface area contributed by atoms with Crippen LogP contribution in [0.3, 0.4) is 0 Å². The minimum atomic E-state index is -4.19. The van der Waals surface area contributed by atoms with Gasteiger partial charge in [-0.2, -0.15) is 12.7 Å². The van der Waals surface area contributed by atoms with Gasteiger partial charge in [0, 0.05) is 31.6 Å². The first-order valence-corrected chi connectivity index (χ1v) is 13.1. The maximum absolute atomic E-state index is 13.5. The summed E-state index contributed by atoms with van der Waals surface area (Å²) in [5.41, 5.74) is 1.51. The van der Waals surface area contributed by atoms with E-state index < -0.39 is 36.7 Å². The van der Waals surface area contributed by atoms with Gasteiger partial charge in [-0.25, -0.2) is 13.9 Å². The molecule has 0 aromatic heterocycles. The van der Waals surface area contributed by atoms with Crippen molar-refractivity contribution in [1.29, 1.82) is 0 Å². The van der Waals surface area contributed by atoms with Crippen LogP contribution < -0.4 is 10.2 Å². The summed E-state index contributed by atoms with van der Waals surface area (Å²) in [5, 5.41) is 6.96. The second kappa shape index (κ2) is 12.9. The Kier molecular flexibility index (Phi) is 10.8. The summed E-state index contributed by atoms with van der Waals surface area (Å²) in [6.45, 7) is 1.72. The normalized spacial score (nSPS) is 16.5. The summed E-state index contributed by atoms with van der Waals surface area (Å²) < 4.78 is 74.1. The number of nitrogens with one attached hydrogen (secondary N) is 1. The average Bonchev–Trinajstić information content (AvgIpc) is 2.87. The number of amides is 1. The number of methoxy groups -OCH3 is 1. The molecule has 1 aliphatic heterocycles. The van der Waals surface area contributed by atoms with Crippen molar-refractivity contribution in [3.8, 4) is 11.5 Å². The molecular formula is C22H26ClF3N2O6S2. The lowest BCUT2D eigenvalue weighted by Crippen LogP contribution is -2.57. The molecule has 0 aliphatic carbocycles. The summed E-state index contributed by atoms with van der Waals surface area (Å²) in [6, 6.07) is 10.3. The van der Waals surface area contributed by atoms with Crippen LogP contribution in [0.25, 0.3) is 0 Å². The van der Waals surface area contributed by atoms with Crippen LogP contribution in [0.1, 0.15) is 12.8 Å². The zero-order chi connectivity index (χ0) is 25.6. The van der Waals surface area contributed by atoms with Crippen molar-refractivity contribution in [2.75, 3.05) is 33.4 Å². The van der Waals surface area contributed by atoms with Gasteiger partial charge >= 0.3 is 5.37 Å². The highest BCUT2D eigenvalue weighted by Gasteiger charge is 2.52. The molecule has 36 heavy (non-hydrogen) atoms. The third-order valence-corrected chi connectivity index (χ3v) is 9.31. The number of ether oxygens (including phenoxy) is 2. The molecule has 1 atom stereocenters. The number of hydrogen-bond acceptors (Lipinski definition) is 7. The van der Waals surface area contributed by atoms with E-state index in [-0.39, 0.29) is 46.5 Å². The predicted octanol–water partition coefficient (Wildman–Crippen LogP) is 4.20. The van der Waals surface area contributed by atoms with Crippen molar-refractivity contribution >= 4 is 44.4 Å². The van der Waals surface area contributed by atoms with Crippen molar-refractivity contribution in [3.05, 3.63) is 48.5 Å². The van der Waals surface area contributed by atoms with E-state index in [9.17, 15) is 31.1 Å². The molecule has 1 amide bonds. The molecular weight excluding hydrogens is 545 g/mol. The fourth-order valence-electron chi connectivity index (χ4n) is 3.84. The Morgan fingerprint density at radius 1 is 1.08 bits per heavy atom. The lowest BCUT2D eigenvalue weighted by Gasteiger charge is -2.39. The number of carbonyl (C=O) groups is 1. The zero-order valence-corrected chi connectivity index (χ0v) is 21.6. The van der Waals surface area contributed by atoms with Gasteiger partial charge in [-0.05, 0) is 61.4 Å². The minimum absolute atomic E-state index is 0. The van der Waals surface area contributed by atoms with Crippen LogP contribution in [-0.2, 0) is 19.4 Å². The SMILES string of the molecule is COCCN1CCC(C(=O)NO)(S(=O)(=O)c2ccc(Oc3ccc(S(F)=C(F)F)cc3)cc2)CC1.Cl. The third-order valence-electron chi connectivity index (χ3n) is 5.84. The van der Waals surface area contributed by atoms with Crippen molar-refractivity contribution in [3.63, 3.8) is 0 Å². The number of nitrogens with zero attached hydrogens (tertiary/aromatic N) is 1. The van der Waals surface area contributed by atoms with Gasteiger partial charge in [0.25, 0.3) is 5.91 Å². The van der Waals surface area contributed by atoms with Crippen molar-refractivity contribution in [2.24, 2.45) is 0 Å². The molecule has 0 spiro atoms. The summed E-state index contributed by atoms with van der Waals surface area (Å²) in [6.07, 6.45) is -0.0215. The second-order valence-electron chi connectivity index (χ2n) is 7.80. The molecule has 2 aromatic rings. The highest BCUT2D eigenvalue weighted by molar-refractivity contribution is 8.11. The Balaban J connectivity index is 0.00000456. The van der Waals surface area contributed by atoms with E-state index in [1.807, 2.05) is 4.90 Å². The van der Waals surface area contributed by atoms with Crippen LogP contribution >= 0.6 is 23.3 Å². The molecule has 14 heteroatoms. The molecule has 0 bridgehead atoms. The number of sulfone groups is 1. The van der Waals surface area contributed by atoms with Gasteiger partial charge in [0.1, 0.15) is 11.5 Å². The molecule has 2 aromatic carbocycles. The lowest BCUT2D eigenvalue weighted by molar-refractivity contribution is -0.133. The van der Waals surface area contributed by atoms with E-state index >= 15 is 0 Å². The molecule has 200 valence electrons. The average molecular weight is 571 g/mol. The summed E-state index contributed by atoms with van der Waals surface area (Å²) in [5.74, 6) is -0.507. The number of piperidine rings is 1. The second-order valence-corrected chi connectivity index (χ2v) is 11.4. The van der Waals surface area contributed by atoms with Crippen LogP contribution in [0, 0.1) is 0 Å². The van der Waals surface area contributed by atoms with Crippen molar-refractivity contribution in [1.82, 2.24) is 10.4 Å². The largest absolute Gasteiger partial charge is 0.457 e. The number of likely N-dealkylation sites (tertiary alicyclic amines) is 1. The number of hydroxylamine groups is 1. The Morgan fingerprint density at radius 2 is 1.61 bits per heavy atom. The molecule has 1 fully saturated rings. The maximum Gasteiger partial charge on any atom is 0.328 e. The van der Waals surface area contributed by atoms with E-state index in [0.29, 0.717) is 26.2 Å². The zero-order valence-electron chi connectivity index (χ0n) is 19.2. The van der Waals surface area contributed by atoms with Crippen LogP contribution in [0.4, 0.5) is 12.7 Å². The Labute approximate surface area is 215 Å². The molecule has 0 saturated carbocycles. The number of hydrogen-bond donors (Lipinski definition) is 2.